The monoisotopic (exact) mass is 557 g/mol. The summed E-state index contributed by atoms with van der Waals surface area (Å²) < 4.78 is 32.6. The van der Waals surface area contributed by atoms with E-state index in [4.69, 9.17) is 23.2 Å². The van der Waals surface area contributed by atoms with Crippen LogP contribution in [0.4, 0.5) is 8.78 Å². The molecule has 3 atom stereocenters. The Hall–Kier alpha value is -3.21. The Labute approximate surface area is 230 Å². The van der Waals surface area contributed by atoms with Crippen LogP contribution in [0.25, 0.3) is 0 Å². The van der Waals surface area contributed by atoms with E-state index in [1.165, 1.54) is 65.2 Å². The molecule has 0 N–H and O–H groups in total. The van der Waals surface area contributed by atoms with Crippen LogP contribution < -0.4 is 5.56 Å². The number of likely N-dealkylation sites (tertiary alicyclic amines) is 1. The molecule has 9 heteroatoms. The standard InChI is InChI=1S/C29H27Cl2F2N3O2/c1-28(2,3)13-18-15-36(27(38)17-8-11-24(37)35(4)14-17)26(20-6-5-7-22(31)25(20)33)29(18,16-34)21-10-9-19(30)12-23(21)32/h5-12,14,18,26H,13,15H2,1-4H3/t18-,26-,29-/m1/s1. The minimum atomic E-state index is -1.68. The molecule has 0 bridgehead atoms. The van der Waals surface area contributed by atoms with Gasteiger partial charge in [-0.25, -0.2) is 8.78 Å². The number of carbonyl (C=O) groups excluding carboxylic acids is 1. The molecular weight excluding hydrogens is 531 g/mol. The van der Waals surface area contributed by atoms with E-state index in [0.29, 0.717) is 6.42 Å². The van der Waals surface area contributed by atoms with Crippen LogP contribution in [0.3, 0.4) is 0 Å². The van der Waals surface area contributed by atoms with Crippen LogP contribution in [0.2, 0.25) is 10.0 Å². The molecule has 4 rings (SSSR count). The Bertz CT molecular complexity index is 1510. The third kappa shape index (κ3) is 4.83. The fourth-order valence-electron chi connectivity index (χ4n) is 5.56. The van der Waals surface area contributed by atoms with Crippen LogP contribution in [0.5, 0.6) is 0 Å². The van der Waals surface area contributed by atoms with E-state index in [1.54, 1.807) is 0 Å². The fraction of sp³-hybridized carbons (Fsp3) is 0.345. The van der Waals surface area contributed by atoms with Crippen molar-refractivity contribution in [3.8, 4) is 6.07 Å². The van der Waals surface area contributed by atoms with Crippen LogP contribution in [0.15, 0.2) is 59.5 Å². The molecule has 0 aliphatic carbocycles. The molecule has 2 heterocycles. The summed E-state index contributed by atoms with van der Waals surface area (Å²) >= 11 is 12.2. The first-order valence-electron chi connectivity index (χ1n) is 12.1. The van der Waals surface area contributed by atoms with E-state index < -0.39 is 34.9 Å². The number of hydrogen-bond acceptors (Lipinski definition) is 3. The Morgan fingerprint density at radius 1 is 1.16 bits per heavy atom. The average molecular weight is 558 g/mol. The highest BCUT2D eigenvalue weighted by molar-refractivity contribution is 6.31. The molecule has 1 fully saturated rings. The molecule has 1 aliphatic heterocycles. The third-order valence-corrected chi connectivity index (χ3v) is 7.62. The van der Waals surface area contributed by atoms with Gasteiger partial charge in [-0.1, -0.05) is 62.2 Å². The Morgan fingerprint density at radius 3 is 2.47 bits per heavy atom. The number of halogens is 4. The van der Waals surface area contributed by atoms with E-state index in [-0.39, 0.29) is 44.3 Å². The number of aromatic nitrogens is 1. The topological polar surface area (TPSA) is 66.1 Å². The summed E-state index contributed by atoms with van der Waals surface area (Å²) in [7, 11) is 1.52. The first-order valence-corrected chi connectivity index (χ1v) is 12.8. The Kier molecular flexibility index (Phi) is 7.44. The molecule has 198 valence electrons. The summed E-state index contributed by atoms with van der Waals surface area (Å²) in [5, 5.41) is 10.9. The summed E-state index contributed by atoms with van der Waals surface area (Å²) in [6.45, 7) is 6.00. The number of hydrogen-bond donors (Lipinski definition) is 0. The molecule has 2 aromatic carbocycles. The molecular formula is C29H27Cl2F2N3O2. The number of rotatable bonds is 4. The lowest BCUT2D eigenvalue weighted by atomic mass is 9.63. The van der Waals surface area contributed by atoms with Crippen molar-refractivity contribution < 1.29 is 13.6 Å². The molecule has 0 saturated carbocycles. The maximum Gasteiger partial charge on any atom is 0.255 e. The van der Waals surface area contributed by atoms with Crippen molar-refractivity contribution >= 4 is 29.1 Å². The zero-order valence-electron chi connectivity index (χ0n) is 21.4. The first kappa shape index (κ1) is 27.8. The van der Waals surface area contributed by atoms with Crippen molar-refractivity contribution in [2.75, 3.05) is 6.54 Å². The zero-order valence-corrected chi connectivity index (χ0v) is 22.9. The van der Waals surface area contributed by atoms with Gasteiger partial charge in [0.2, 0.25) is 5.56 Å². The summed E-state index contributed by atoms with van der Waals surface area (Å²) in [6.07, 6.45) is 1.82. The average Bonchev–Trinajstić information content (AvgIpc) is 3.15. The number of amides is 1. The van der Waals surface area contributed by atoms with Crippen molar-refractivity contribution in [1.29, 1.82) is 5.26 Å². The van der Waals surface area contributed by atoms with Crippen LogP contribution in [-0.4, -0.2) is 21.9 Å². The predicted molar refractivity (Wildman–Crippen MR) is 143 cm³/mol. The molecule has 1 aromatic heterocycles. The lowest BCUT2D eigenvalue weighted by molar-refractivity contribution is 0.0712. The molecule has 5 nitrogen and oxygen atoms in total. The molecule has 1 amide bonds. The largest absolute Gasteiger partial charge is 0.329 e. The van der Waals surface area contributed by atoms with E-state index >= 15 is 8.78 Å². The van der Waals surface area contributed by atoms with Gasteiger partial charge in [0.05, 0.1) is 22.7 Å². The van der Waals surface area contributed by atoms with Crippen LogP contribution in [0, 0.1) is 34.3 Å². The predicted octanol–water partition coefficient (Wildman–Crippen LogP) is 6.68. The molecule has 0 radical (unpaired) electrons. The van der Waals surface area contributed by atoms with Crippen LogP contribution >= 0.6 is 23.2 Å². The molecule has 0 spiro atoms. The van der Waals surface area contributed by atoms with Gasteiger partial charge in [0.15, 0.2) is 0 Å². The normalized spacial score (nSPS) is 21.4. The fourth-order valence-corrected chi connectivity index (χ4v) is 5.90. The van der Waals surface area contributed by atoms with Gasteiger partial charge in [-0.3, -0.25) is 9.59 Å². The van der Waals surface area contributed by atoms with Crippen molar-refractivity contribution in [3.05, 3.63) is 103 Å². The molecule has 38 heavy (non-hydrogen) atoms. The van der Waals surface area contributed by atoms with Crippen LogP contribution in [-0.2, 0) is 12.5 Å². The van der Waals surface area contributed by atoms with E-state index in [9.17, 15) is 14.9 Å². The number of carbonyl (C=O) groups is 1. The molecule has 1 saturated heterocycles. The van der Waals surface area contributed by atoms with Crippen molar-refractivity contribution in [2.45, 2.75) is 38.6 Å². The summed E-state index contributed by atoms with van der Waals surface area (Å²) in [4.78, 5) is 27.4. The summed E-state index contributed by atoms with van der Waals surface area (Å²) in [5.41, 5.74) is -2.09. The summed E-state index contributed by atoms with van der Waals surface area (Å²) in [5.74, 6) is -2.61. The molecule has 1 aliphatic rings. The third-order valence-electron chi connectivity index (χ3n) is 7.09. The van der Waals surface area contributed by atoms with E-state index in [0.717, 1.165) is 6.07 Å². The van der Waals surface area contributed by atoms with Gasteiger partial charge in [0, 0.05) is 47.9 Å². The quantitative estimate of drug-likeness (QED) is 0.359. The Balaban J connectivity index is 2.05. The van der Waals surface area contributed by atoms with Gasteiger partial charge >= 0.3 is 0 Å². The van der Waals surface area contributed by atoms with Gasteiger partial charge < -0.3 is 9.47 Å². The number of nitriles is 1. The van der Waals surface area contributed by atoms with Crippen molar-refractivity contribution in [1.82, 2.24) is 9.47 Å². The highest BCUT2D eigenvalue weighted by Gasteiger charge is 2.60. The van der Waals surface area contributed by atoms with Crippen LogP contribution in [0.1, 0.15) is 54.7 Å². The summed E-state index contributed by atoms with van der Waals surface area (Å²) in [6, 6.07) is 12.2. The van der Waals surface area contributed by atoms with Gasteiger partial charge in [0.25, 0.3) is 5.91 Å². The second kappa shape index (κ2) is 10.2. The van der Waals surface area contributed by atoms with Gasteiger partial charge in [0.1, 0.15) is 17.0 Å². The Morgan fingerprint density at radius 2 is 1.87 bits per heavy atom. The number of benzene rings is 2. The van der Waals surface area contributed by atoms with E-state index in [1.807, 2.05) is 20.8 Å². The highest BCUT2D eigenvalue weighted by atomic mass is 35.5. The molecule has 0 unspecified atom stereocenters. The highest BCUT2D eigenvalue weighted by Crippen LogP contribution is 2.56. The number of nitrogens with zero attached hydrogens (tertiary/aromatic N) is 3. The van der Waals surface area contributed by atoms with Gasteiger partial charge in [-0.2, -0.15) is 5.26 Å². The SMILES string of the molecule is Cn1cc(C(=O)N2C[C@@H](CC(C)(C)C)[C@](C#N)(c3ccc(Cl)cc3F)[C@H]2c2cccc(Cl)c2F)ccc1=O. The minimum absolute atomic E-state index is 0.00276. The van der Waals surface area contributed by atoms with Crippen molar-refractivity contribution in [3.63, 3.8) is 0 Å². The van der Waals surface area contributed by atoms with Crippen molar-refractivity contribution in [2.24, 2.45) is 18.4 Å². The first-order chi connectivity index (χ1) is 17.8. The number of aryl methyl sites for hydroxylation is 1. The van der Waals surface area contributed by atoms with E-state index in [2.05, 4.69) is 6.07 Å². The van der Waals surface area contributed by atoms with Gasteiger partial charge in [-0.05, 0) is 36.1 Å². The lowest BCUT2D eigenvalue weighted by Crippen LogP contribution is -2.41. The van der Waals surface area contributed by atoms with Gasteiger partial charge in [-0.15, -0.1) is 0 Å². The maximum atomic E-state index is 15.7. The maximum absolute atomic E-state index is 15.7. The smallest absolute Gasteiger partial charge is 0.255 e. The second-order valence-electron chi connectivity index (χ2n) is 10.9. The lowest BCUT2D eigenvalue weighted by Gasteiger charge is -2.38. The number of pyridine rings is 1. The second-order valence-corrected chi connectivity index (χ2v) is 11.8. The minimum Gasteiger partial charge on any atom is -0.329 e. The zero-order chi connectivity index (χ0) is 28.0. The molecule has 3 aromatic rings.